The minimum atomic E-state index is -0.569. The summed E-state index contributed by atoms with van der Waals surface area (Å²) in [6.45, 7) is 4.14. The van der Waals surface area contributed by atoms with E-state index in [4.69, 9.17) is 5.84 Å². The molecule has 3 N–H and O–H groups in total. The van der Waals surface area contributed by atoms with Crippen LogP contribution in [0, 0.1) is 17.6 Å². The number of nitrogens with two attached hydrogens (primary N) is 1. The lowest BCUT2D eigenvalue weighted by Crippen LogP contribution is -2.30. The van der Waals surface area contributed by atoms with Crippen molar-refractivity contribution in [3.8, 4) is 0 Å². The molecule has 0 heterocycles. The summed E-state index contributed by atoms with van der Waals surface area (Å²) in [5, 5.41) is 0. The molecular weight excluding hydrogens is 210 g/mol. The van der Waals surface area contributed by atoms with Crippen LogP contribution in [0.5, 0.6) is 0 Å². The molecule has 0 fully saturated rings. The van der Waals surface area contributed by atoms with Crippen molar-refractivity contribution in [1.82, 2.24) is 5.43 Å². The molecule has 0 aromatic heterocycles. The van der Waals surface area contributed by atoms with Crippen molar-refractivity contribution in [2.75, 3.05) is 0 Å². The van der Waals surface area contributed by atoms with Crippen LogP contribution in [0.4, 0.5) is 8.78 Å². The third-order valence-corrected chi connectivity index (χ3v) is 2.87. The molecule has 2 unspecified atom stereocenters. The average molecular weight is 228 g/mol. The van der Waals surface area contributed by atoms with Gasteiger partial charge < -0.3 is 0 Å². The first-order valence-electron chi connectivity index (χ1n) is 5.49. The number of hydrogen-bond acceptors (Lipinski definition) is 2. The molecule has 0 spiro atoms. The number of benzene rings is 1. The molecule has 2 nitrogen and oxygen atoms in total. The third kappa shape index (κ3) is 3.25. The first kappa shape index (κ1) is 13.1. The van der Waals surface area contributed by atoms with Gasteiger partial charge in [-0.05, 0) is 18.4 Å². The van der Waals surface area contributed by atoms with Crippen LogP contribution >= 0.6 is 0 Å². The van der Waals surface area contributed by atoms with Gasteiger partial charge in [0.1, 0.15) is 11.6 Å². The van der Waals surface area contributed by atoms with Crippen LogP contribution in [0.3, 0.4) is 0 Å². The number of hydrazine groups is 1. The molecule has 1 aromatic carbocycles. The molecule has 4 heteroatoms. The molecule has 1 aromatic rings. The molecule has 0 radical (unpaired) electrons. The highest BCUT2D eigenvalue weighted by molar-refractivity contribution is 5.22. The first-order valence-corrected chi connectivity index (χ1v) is 5.49. The van der Waals surface area contributed by atoms with E-state index >= 15 is 0 Å². The van der Waals surface area contributed by atoms with E-state index in [2.05, 4.69) is 19.3 Å². The Morgan fingerprint density at radius 1 is 1.38 bits per heavy atom. The van der Waals surface area contributed by atoms with Gasteiger partial charge in [0.05, 0.1) is 0 Å². The van der Waals surface area contributed by atoms with Gasteiger partial charge in [-0.3, -0.25) is 11.3 Å². The monoisotopic (exact) mass is 228 g/mol. The summed E-state index contributed by atoms with van der Waals surface area (Å²) in [5.41, 5.74) is 3.00. The van der Waals surface area contributed by atoms with Crippen LogP contribution in [-0.4, -0.2) is 0 Å². The Labute approximate surface area is 94.8 Å². The first-order chi connectivity index (χ1) is 7.58. The standard InChI is InChI=1S/C12H18F2N2/c1-3-8(2)6-12(16-15)10-5-4-9(13)7-11(10)14/h4-5,7-8,12,16H,3,6,15H2,1-2H3. The van der Waals surface area contributed by atoms with E-state index in [1.165, 1.54) is 12.1 Å². The molecule has 90 valence electrons. The summed E-state index contributed by atoms with van der Waals surface area (Å²) in [6.07, 6.45) is 1.73. The predicted molar refractivity (Wildman–Crippen MR) is 60.5 cm³/mol. The maximum Gasteiger partial charge on any atom is 0.130 e. The summed E-state index contributed by atoms with van der Waals surface area (Å²) in [7, 11) is 0. The number of nitrogens with one attached hydrogen (secondary N) is 1. The van der Waals surface area contributed by atoms with Crippen molar-refractivity contribution in [3.05, 3.63) is 35.4 Å². The highest BCUT2D eigenvalue weighted by Gasteiger charge is 2.17. The van der Waals surface area contributed by atoms with Crippen LogP contribution in [0.1, 0.15) is 38.3 Å². The van der Waals surface area contributed by atoms with Crippen molar-refractivity contribution in [2.24, 2.45) is 11.8 Å². The van der Waals surface area contributed by atoms with Crippen molar-refractivity contribution in [1.29, 1.82) is 0 Å². The Morgan fingerprint density at radius 2 is 2.06 bits per heavy atom. The van der Waals surface area contributed by atoms with Gasteiger partial charge in [-0.2, -0.15) is 0 Å². The topological polar surface area (TPSA) is 38.0 Å². The Morgan fingerprint density at radius 3 is 2.56 bits per heavy atom. The zero-order chi connectivity index (χ0) is 12.1. The maximum absolute atomic E-state index is 13.5. The second kappa shape index (κ2) is 5.92. The van der Waals surface area contributed by atoms with Gasteiger partial charge in [0.15, 0.2) is 0 Å². The summed E-state index contributed by atoms with van der Waals surface area (Å²) in [5.74, 6) is 4.72. The maximum atomic E-state index is 13.5. The van der Waals surface area contributed by atoms with Crippen molar-refractivity contribution < 1.29 is 8.78 Å². The molecule has 0 amide bonds. The molecule has 0 aliphatic heterocycles. The van der Waals surface area contributed by atoms with Crippen LogP contribution < -0.4 is 11.3 Å². The van der Waals surface area contributed by atoms with E-state index in [0.717, 1.165) is 18.9 Å². The summed E-state index contributed by atoms with van der Waals surface area (Å²) in [4.78, 5) is 0. The normalized spacial score (nSPS) is 14.8. The van der Waals surface area contributed by atoms with Crippen molar-refractivity contribution in [2.45, 2.75) is 32.7 Å². The number of hydrogen-bond donors (Lipinski definition) is 2. The van der Waals surface area contributed by atoms with Gasteiger partial charge in [0.25, 0.3) is 0 Å². The Kier molecular flexibility index (Phi) is 4.83. The minimum Gasteiger partial charge on any atom is -0.271 e. The van der Waals surface area contributed by atoms with E-state index in [-0.39, 0.29) is 6.04 Å². The molecule has 0 bridgehead atoms. The molecule has 1 rings (SSSR count). The van der Waals surface area contributed by atoms with Crippen molar-refractivity contribution >= 4 is 0 Å². The van der Waals surface area contributed by atoms with Gasteiger partial charge in [0.2, 0.25) is 0 Å². The van der Waals surface area contributed by atoms with E-state index in [1.54, 1.807) is 0 Å². The quantitative estimate of drug-likeness (QED) is 0.600. The molecule has 2 atom stereocenters. The fourth-order valence-electron chi connectivity index (χ4n) is 1.64. The van der Waals surface area contributed by atoms with Gasteiger partial charge in [0, 0.05) is 17.7 Å². The zero-order valence-corrected chi connectivity index (χ0v) is 9.63. The van der Waals surface area contributed by atoms with Crippen molar-refractivity contribution in [3.63, 3.8) is 0 Å². The Hall–Kier alpha value is -1.00. The van der Waals surface area contributed by atoms with Crippen LogP contribution in [-0.2, 0) is 0 Å². The van der Waals surface area contributed by atoms with Gasteiger partial charge >= 0.3 is 0 Å². The lowest BCUT2D eigenvalue weighted by atomic mass is 9.94. The van der Waals surface area contributed by atoms with Crippen LogP contribution in [0.15, 0.2) is 18.2 Å². The van der Waals surface area contributed by atoms with Crippen LogP contribution in [0.25, 0.3) is 0 Å². The summed E-state index contributed by atoms with van der Waals surface area (Å²) < 4.78 is 26.3. The van der Waals surface area contributed by atoms with Gasteiger partial charge in [-0.15, -0.1) is 0 Å². The fourth-order valence-corrected chi connectivity index (χ4v) is 1.64. The summed E-state index contributed by atoms with van der Waals surface area (Å²) >= 11 is 0. The van der Waals surface area contributed by atoms with Gasteiger partial charge in [-0.25, -0.2) is 8.78 Å². The van der Waals surface area contributed by atoms with E-state index in [1.807, 2.05) is 0 Å². The highest BCUT2D eigenvalue weighted by atomic mass is 19.1. The number of halogens is 2. The lowest BCUT2D eigenvalue weighted by Gasteiger charge is -2.20. The predicted octanol–water partition coefficient (Wildman–Crippen LogP) is 2.91. The molecule has 0 aliphatic rings. The van der Waals surface area contributed by atoms with E-state index in [0.29, 0.717) is 11.5 Å². The Balaban J connectivity index is 2.86. The fraction of sp³-hybridized carbons (Fsp3) is 0.500. The van der Waals surface area contributed by atoms with E-state index < -0.39 is 11.6 Å². The molecule has 0 saturated heterocycles. The average Bonchev–Trinajstić information content (AvgIpc) is 2.26. The SMILES string of the molecule is CCC(C)CC(NN)c1ccc(F)cc1F. The molecule has 0 saturated carbocycles. The summed E-state index contributed by atoms with van der Waals surface area (Å²) in [6, 6.07) is 3.31. The second-order valence-corrected chi connectivity index (χ2v) is 4.13. The molecule has 0 aliphatic carbocycles. The lowest BCUT2D eigenvalue weighted by molar-refractivity contribution is 0.396. The second-order valence-electron chi connectivity index (χ2n) is 4.13. The molecule has 16 heavy (non-hydrogen) atoms. The van der Waals surface area contributed by atoms with Gasteiger partial charge in [-0.1, -0.05) is 26.3 Å². The zero-order valence-electron chi connectivity index (χ0n) is 9.63. The molecular formula is C12H18F2N2. The highest BCUT2D eigenvalue weighted by Crippen LogP contribution is 2.24. The third-order valence-electron chi connectivity index (χ3n) is 2.87. The largest absolute Gasteiger partial charge is 0.271 e. The van der Waals surface area contributed by atoms with E-state index in [9.17, 15) is 8.78 Å². The number of rotatable bonds is 5. The Bertz CT molecular complexity index is 342. The smallest absolute Gasteiger partial charge is 0.130 e. The van der Waals surface area contributed by atoms with Crippen LogP contribution in [0.2, 0.25) is 0 Å². The minimum absolute atomic E-state index is 0.268.